The lowest BCUT2D eigenvalue weighted by atomic mass is 9.81. The van der Waals surface area contributed by atoms with Crippen molar-refractivity contribution in [2.24, 2.45) is 11.8 Å². The van der Waals surface area contributed by atoms with Gasteiger partial charge in [0.15, 0.2) is 23.8 Å². The van der Waals surface area contributed by atoms with Crippen LogP contribution in [0.1, 0.15) is 31.8 Å². The first-order valence-corrected chi connectivity index (χ1v) is 9.90. The fraction of sp³-hybridized carbons (Fsp3) is 0.250. The highest BCUT2D eigenvalue weighted by atomic mass is 16.6. The van der Waals surface area contributed by atoms with Gasteiger partial charge in [0.25, 0.3) is 11.6 Å². The van der Waals surface area contributed by atoms with E-state index in [4.69, 9.17) is 9.47 Å². The van der Waals surface area contributed by atoms with E-state index in [1.807, 2.05) is 13.8 Å². The van der Waals surface area contributed by atoms with Crippen LogP contribution in [0.2, 0.25) is 0 Å². The molecule has 8 heteroatoms. The molecule has 32 heavy (non-hydrogen) atoms. The molecule has 0 N–H and O–H groups in total. The van der Waals surface area contributed by atoms with E-state index in [0.29, 0.717) is 0 Å². The third-order valence-corrected chi connectivity index (χ3v) is 5.67. The molecule has 4 atom stereocenters. The second-order valence-electron chi connectivity index (χ2n) is 7.88. The molecular formula is C24H18O8. The highest BCUT2D eigenvalue weighted by molar-refractivity contribution is 6.43. The van der Waals surface area contributed by atoms with Crippen molar-refractivity contribution in [1.29, 1.82) is 0 Å². The summed E-state index contributed by atoms with van der Waals surface area (Å²) < 4.78 is 10.2. The van der Waals surface area contributed by atoms with E-state index >= 15 is 0 Å². The van der Waals surface area contributed by atoms with Crippen molar-refractivity contribution in [3.8, 4) is 0 Å². The van der Waals surface area contributed by atoms with Crippen LogP contribution in [0.25, 0.3) is 0 Å². The maximum absolute atomic E-state index is 13.1. The minimum absolute atomic E-state index is 0.148. The minimum Gasteiger partial charge on any atom is -0.451 e. The van der Waals surface area contributed by atoms with Gasteiger partial charge in [-0.2, -0.15) is 0 Å². The summed E-state index contributed by atoms with van der Waals surface area (Å²) in [5.41, 5.74) is 2.05. The smallest absolute Gasteiger partial charge is 0.376 e. The summed E-state index contributed by atoms with van der Waals surface area (Å²) in [4.78, 5) is 75.2. The zero-order valence-corrected chi connectivity index (χ0v) is 17.2. The molecule has 0 amide bonds. The number of ketones is 4. The number of hydrogen-bond donors (Lipinski definition) is 0. The molecule has 2 aromatic rings. The Bertz CT molecular complexity index is 1070. The Morgan fingerprint density at radius 2 is 0.906 bits per heavy atom. The van der Waals surface area contributed by atoms with Crippen LogP contribution >= 0.6 is 0 Å². The van der Waals surface area contributed by atoms with E-state index in [-0.39, 0.29) is 11.1 Å². The molecule has 0 saturated carbocycles. The number of Topliss-reactive ketones (excluding diaryl/α,β-unsaturated/α-hetero) is 4. The van der Waals surface area contributed by atoms with Crippen molar-refractivity contribution in [3.63, 3.8) is 0 Å². The molecule has 2 fully saturated rings. The van der Waals surface area contributed by atoms with Gasteiger partial charge < -0.3 is 9.47 Å². The van der Waals surface area contributed by atoms with Crippen LogP contribution in [0.3, 0.4) is 0 Å². The van der Waals surface area contributed by atoms with Crippen molar-refractivity contribution in [3.05, 3.63) is 70.8 Å². The first-order chi connectivity index (χ1) is 15.2. The molecular weight excluding hydrogens is 416 g/mol. The van der Waals surface area contributed by atoms with E-state index in [0.717, 1.165) is 11.1 Å². The van der Waals surface area contributed by atoms with Gasteiger partial charge in [0, 0.05) is 11.1 Å². The molecule has 0 unspecified atom stereocenters. The third kappa shape index (κ3) is 3.53. The summed E-state index contributed by atoms with van der Waals surface area (Å²) in [6.07, 6.45) is -3.17. The number of hydrogen-bond acceptors (Lipinski definition) is 8. The van der Waals surface area contributed by atoms with Crippen molar-refractivity contribution in [2.75, 3.05) is 0 Å². The third-order valence-electron chi connectivity index (χ3n) is 5.67. The van der Waals surface area contributed by atoms with Gasteiger partial charge in [-0.1, -0.05) is 59.7 Å². The second kappa shape index (κ2) is 7.96. The highest BCUT2D eigenvalue weighted by Crippen LogP contribution is 2.35. The molecule has 2 aliphatic rings. The topological polar surface area (TPSA) is 121 Å². The van der Waals surface area contributed by atoms with Gasteiger partial charge in [-0.25, -0.2) is 9.59 Å². The molecule has 8 nitrogen and oxygen atoms in total. The summed E-state index contributed by atoms with van der Waals surface area (Å²) in [6, 6.07) is 12.6. The Morgan fingerprint density at radius 1 is 0.594 bits per heavy atom. The van der Waals surface area contributed by atoms with Crippen molar-refractivity contribution < 1.29 is 38.2 Å². The average Bonchev–Trinajstić information content (AvgIpc) is 3.23. The van der Waals surface area contributed by atoms with Crippen LogP contribution in [0.15, 0.2) is 48.5 Å². The predicted octanol–water partition coefficient (Wildman–Crippen LogP) is 1.59. The van der Waals surface area contributed by atoms with Gasteiger partial charge in [0.05, 0.1) is 0 Å². The van der Waals surface area contributed by atoms with Crippen LogP contribution in [-0.2, 0) is 28.7 Å². The lowest BCUT2D eigenvalue weighted by Gasteiger charge is -2.24. The molecule has 0 bridgehead atoms. The van der Waals surface area contributed by atoms with E-state index < -0.39 is 59.1 Å². The number of carbonyl (C=O) groups excluding carboxylic acids is 6. The Hall–Kier alpha value is -3.94. The summed E-state index contributed by atoms with van der Waals surface area (Å²) in [5.74, 6) is -9.50. The number of esters is 2. The molecule has 162 valence electrons. The van der Waals surface area contributed by atoms with E-state index in [1.165, 1.54) is 24.3 Å². The first-order valence-electron chi connectivity index (χ1n) is 9.90. The number of carbonyl (C=O) groups is 6. The molecule has 0 aliphatic carbocycles. The average molecular weight is 434 g/mol. The second-order valence-corrected chi connectivity index (χ2v) is 7.88. The predicted molar refractivity (Wildman–Crippen MR) is 108 cm³/mol. The maximum atomic E-state index is 13.1. The Kier molecular flexibility index (Phi) is 5.30. The molecule has 0 aromatic heterocycles. The molecule has 2 aromatic carbocycles. The number of aryl methyl sites for hydroxylation is 2. The Balaban J connectivity index is 1.71. The number of rotatable bonds is 5. The summed E-state index contributed by atoms with van der Waals surface area (Å²) in [6.45, 7) is 3.63. The molecule has 2 saturated heterocycles. The van der Waals surface area contributed by atoms with Gasteiger partial charge in [0.2, 0.25) is 0 Å². The van der Waals surface area contributed by atoms with Crippen molar-refractivity contribution in [2.45, 2.75) is 26.1 Å². The van der Waals surface area contributed by atoms with E-state index in [2.05, 4.69) is 0 Å². The number of benzene rings is 2. The van der Waals surface area contributed by atoms with Gasteiger partial charge in [-0.3, -0.25) is 19.2 Å². The quantitative estimate of drug-likeness (QED) is 0.301. The SMILES string of the molecule is Cc1ccc(C(=O)[C@H]2C(=O)C(=O)O[C@H]2[C@H]2OC(=O)C(=O)[C@H]2C(=O)c2ccc(C)cc2)cc1. The Labute approximate surface area is 182 Å². The van der Waals surface area contributed by atoms with Crippen LogP contribution in [0.5, 0.6) is 0 Å². The van der Waals surface area contributed by atoms with Gasteiger partial charge >= 0.3 is 11.9 Å². The summed E-state index contributed by atoms with van der Waals surface area (Å²) in [5, 5.41) is 0. The van der Waals surface area contributed by atoms with Crippen LogP contribution in [-0.4, -0.2) is 47.3 Å². The zero-order valence-electron chi connectivity index (χ0n) is 17.2. The van der Waals surface area contributed by atoms with E-state index in [9.17, 15) is 28.8 Å². The minimum atomic E-state index is -1.64. The number of ether oxygens (including phenoxy) is 2. The molecule has 2 heterocycles. The highest BCUT2D eigenvalue weighted by Gasteiger charge is 2.60. The summed E-state index contributed by atoms with van der Waals surface area (Å²) in [7, 11) is 0. The molecule has 2 aliphatic heterocycles. The van der Waals surface area contributed by atoms with Gasteiger partial charge in [-0.05, 0) is 13.8 Å². The zero-order chi connectivity index (χ0) is 23.2. The lowest BCUT2D eigenvalue weighted by Crippen LogP contribution is -2.44. The maximum Gasteiger partial charge on any atom is 0.376 e. The fourth-order valence-electron chi connectivity index (χ4n) is 3.90. The first kappa shape index (κ1) is 21.3. The van der Waals surface area contributed by atoms with Gasteiger partial charge in [-0.15, -0.1) is 0 Å². The number of cyclic esters (lactones) is 2. The normalized spacial score (nSPS) is 24.9. The van der Waals surface area contributed by atoms with Crippen LogP contribution in [0, 0.1) is 25.7 Å². The van der Waals surface area contributed by atoms with Gasteiger partial charge in [0.1, 0.15) is 11.8 Å². The molecule has 0 radical (unpaired) electrons. The monoisotopic (exact) mass is 434 g/mol. The Morgan fingerprint density at radius 3 is 1.22 bits per heavy atom. The van der Waals surface area contributed by atoms with Crippen LogP contribution in [0.4, 0.5) is 0 Å². The molecule has 0 spiro atoms. The fourth-order valence-corrected chi connectivity index (χ4v) is 3.90. The molecule has 4 rings (SSSR count). The standard InChI is InChI=1S/C24H18O8/c1-11-3-7-13(8-4-11)17(25)15-19(27)23(29)31-21(15)22-16(20(28)24(30)32-22)18(26)14-9-5-12(2)6-10-14/h3-10,15-16,21-22H,1-2H3/t15-,16+,21+,22-. The van der Waals surface area contributed by atoms with Crippen molar-refractivity contribution >= 4 is 35.1 Å². The lowest BCUT2D eigenvalue weighted by molar-refractivity contribution is -0.157. The van der Waals surface area contributed by atoms with Crippen LogP contribution < -0.4 is 0 Å². The summed E-state index contributed by atoms with van der Waals surface area (Å²) >= 11 is 0. The van der Waals surface area contributed by atoms with E-state index in [1.54, 1.807) is 24.3 Å². The van der Waals surface area contributed by atoms with Crippen molar-refractivity contribution in [1.82, 2.24) is 0 Å². The largest absolute Gasteiger partial charge is 0.451 e.